The molecule has 2 heterocycles. The number of hydrogen-bond donors (Lipinski definition) is 1. The van der Waals surface area contributed by atoms with Crippen molar-refractivity contribution in [2.24, 2.45) is 0 Å². The number of benzene rings is 2. The van der Waals surface area contributed by atoms with E-state index in [0.29, 0.717) is 6.04 Å². The van der Waals surface area contributed by atoms with E-state index in [0.717, 1.165) is 68.3 Å². The molecule has 0 saturated carbocycles. The van der Waals surface area contributed by atoms with Gasteiger partial charge in [-0.2, -0.15) is 0 Å². The first-order valence-corrected chi connectivity index (χ1v) is 11.3. The zero-order valence-electron chi connectivity index (χ0n) is 18.9. The summed E-state index contributed by atoms with van der Waals surface area (Å²) in [5, 5.41) is 9.69. The van der Waals surface area contributed by atoms with Crippen LogP contribution < -0.4 is 4.74 Å². The highest BCUT2D eigenvalue weighted by Crippen LogP contribution is 2.23. The van der Waals surface area contributed by atoms with Gasteiger partial charge in [0.1, 0.15) is 11.6 Å². The van der Waals surface area contributed by atoms with Gasteiger partial charge in [-0.25, -0.2) is 4.98 Å². The summed E-state index contributed by atoms with van der Waals surface area (Å²) in [5.74, 6) is 2.06. The topological polar surface area (TPSA) is 53.8 Å². The van der Waals surface area contributed by atoms with Gasteiger partial charge in [0.15, 0.2) is 0 Å². The number of aliphatic hydroxyl groups excluding tert-OH is 1. The third-order valence-corrected chi connectivity index (χ3v) is 6.41. The van der Waals surface area contributed by atoms with E-state index in [1.54, 1.807) is 7.11 Å². The van der Waals surface area contributed by atoms with Crippen LogP contribution in [0.4, 0.5) is 0 Å². The van der Waals surface area contributed by atoms with Gasteiger partial charge >= 0.3 is 0 Å². The van der Waals surface area contributed by atoms with Crippen LogP contribution in [0.1, 0.15) is 30.3 Å². The molecule has 0 aliphatic carbocycles. The Labute approximate surface area is 185 Å². The summed E-state index contributed by atoms with van der Waals surface area (Å²) < 4.78 is 7.72. The van der Waals surface area contributed by atoms with E-state index >= 15 is 0 Å². The molecular formula is C25H34N4O2. The minimum absolute atomic E-state index is 0.212. The zero-order valence-corrected chi connectivity index (χ0v) is 18.9. The smallest absolute Gasteiger partial charge is 0.124 e. The normalized spacial score (nSPS) is 18.0. The number of fused-ring (bicyclic) bond motifs is 1. The first-order chi connectivity index (χ1) is 15.1. The van der Waals surface area contributed by atoms with Crippen LogP contribution in [0, 0.1) is 6.92 Å². The Morgan fingerprint density at radius 3 is 2.71 bits per heavy atom. The fourth-order valence-corrected chi connectivity index (χ4v) is 4.80. The fraction of sp³-hybridized carbons (Fsp3) is 0.480. The lowest BCUT2D eigenvalue weighted by molar-refractivity contribution is 0.0483. The van der Waals surface area contributed by atoms with Gasteiger partial charge in [0.2, 0.25) is 0 Å². The SMILES string of the molecule is CCn1c(CN2CCN(Cc3ccc(OC)c(C)c3)C(CCO)C2)nc2ccccc21. The molecule has 6 nitrogen and oxygen atoms in total. The number of piperazine rings is 1. The highest BCUT2D eigenvalue weighted by molar-refractivity contribution is 5.75. The number of para-hydroxylation sites is 2. The molecule has 4 rings (SSSR count). The maximum absolute atomic E-state index is 9.69. The summed E-state index contributed by atoms with van der Waals surface area (Å²) in [7, 11) is 1.71. The summed E-state index contributed by atoms with van der Waals surface area (Å²) in [5.41, 5.74) is 4.73. The van der Waals surface area contributed by atoms with Crippen LogP contribution in [0.25, 0.3) is 11.0 Å². The molecule has 1 aromatic heterocycles. The van der Waals surface area contributed by atoms with Crippen molar-refractivity contribution < 1.29 is 9.84 Å². The summed E-state index contributed by atoms with van der Waals surface area (Å²) in [6.07, 6.45) is 0.788. The van der Waals surface area contributed by atoms with Crippen molar-refractivity contribution in [2.75, 3.05) is 33.4 Å². The van der Waals surface area contributed by atoms with Crippen LogP contribution >= 0.6 is 0 Å². The van der Waals surface area contributed by atoms with E-state index in [1.807, 2.05) is 0 Å². The highest BCUT2D eigenvalue weighted by Gasteiger charge is 2.27. The van der Waals surface area contributed by atoms with Gasteiger partial charge in [0.25, 0.3) is 0 Å². The van der Waals surface area contributed by atoms with Crippen LogP contribution in [0.5, 0.6) is 5.75 Å². The monoisotopic (exact) mass is 422 g/mol. The minimum Gasteiger partial charge on any atom is -0.496 e. The lowest BCUT2D eigenvalue weighted by atomic mass is 10.1. The molecule has 3 aromatic rings. The van der Waals surface area contributed by atoms with Gasteiger partial charge in [0, 0.05) is 45.4 Å². The predicted molar refractivity (Wildman–Crippen MR) is 124 cm³/mol. The molecule has 0 spiro atoms. The minimum atomic E-state index is 0.212. The largest absolute Gasteiger partial charge is 0.496 e. The third kappa shape index (κ3) is 4.76. The average Bonchev–Trinajstić information content (AvgIpc) is 3.12. The number of aliphatic hydroxyl groups is 1. The molecule has 1 N–H and O–H groups in total. The van der Waals surface area contributed by atoms with Gasteiger partial charge in [0.05, 0.1) is 24.7 Å². The Balaban J connectivity index is 1.46. The van der Waals surface area contributed by atoms with Crippen molar-refractivity contribution in [3.8, 4) is 5.75 Å². The van der Waals surface area contributed by atoms with Gasteiger partial charge in [-0.05, 0) is 49.6 Å². The number of aromatic nitrogens is 2. The van der Waals surface area contributed by atoms with Crippen molar-refractivity contribution in [3.63, 3.8) is 0 Å². The van der Waals surface area contributed by atoms with Crippen molar-refractivity contribution in [1.29, 1.82) is 0 Å². The number of rotatable bonds is 8. The number of imidazole rings is 1. The second-order valence-electron chi connectivity index (χ2n) is 8.44. The molecular weight excluding hydrogens is 388 g/mol. The second kappa shape index (κ2) is 9.81. The molecule has 31 heavy (non-hydrogen) atoms. The van der Waals surface area contributed by atoms with Gasteiger partial charge in [-0.15, -0.1) is 0 Å². The zero-order chi connectivity index (χ0) is 21.8. The van der Waals surface area contributed by atoms with E-state index in [4.69, 9.17) is 9.72 Å². The van der Waals surface area contributed by atoms with Crippen LogP contribution in [0.2, 0.25) is 0 Å². The Hall–Kier alpha value is -2.41. The first kappa shape index (κ1) is 21.8. The molecule has 2 aromatic carbocycles. The lowest BCUT2D eigenvalue weighted by Gasteiger charge is -2.41. The third-order valence-electron chi connectivity index (χ3n) is 6.41. The molecule has 0 bridgehead atoms. The molecule has 1 aliphatic rings. The van der Waals surface area contributed by atoms with Crippen LogP contribution in [0.15, 0.2) is 42.5 Å². The fourth-order valence-electron chi connectivity index (χ4n) is 4.80. The summed E-state index contributed by atoms with van der Waals surface area (Å²) >= 11 is 0. The van der Waals surface area contributed by atoms with Crippen molar-refractivity contribution >= 4 is 11.0 Å². The van der Waals surface area contributed by atoms with Crippen LogP contribution in [-0.2, 0) is 19.6 Å². The molecule has 1 atom stereocenters. The Morgan fingerprint density at radius 2 is 1.97 bits per heavy atom. The summed E-state index contributed by atoms with van der Waals surface area (Å²) in [6.45, 7) is 10.1. The number of aryl methyl sites for hydroxylation is 2. The van der Waals surface area contributed by atoms with Gasteiger partial charge in [-0.3, -0.25) is 9.80 Å². The van der Waals surface area contributed by atoms with E-state index < -0.39 is 0 Å². The highest BCUT2D eigenvalue weighted by atomic mass is 16.5. The Morgan fingerprint density at radius 1 is 1.13 bits per heavy atom. The quantitative estimate of drug-likeness (QED) is 0.603. The summed E-state index contributed by atoms with van der Waals surface area (Å²) in [4.78, 5) is 9.91. The molecule has 1 saturated heterocycles. The van der Waals surface area contributed by atoms with Gasteiger partial charge in [-0.1, -0.05) is 24.3 Å². The van der Waals surface area contributed by atoms with E-state index in [9.17, 15) is 5.11 Å². The standard InChI is InChI=1S/C25H34N4O2/c1-4-29-23-8-6-5-7-22(23)26-25(29)18-27-12-13-28(21(17-27)11-14-30)16-20-9-10-24(31-3)19(2)15-20/h5-10,15,21,30H,4,11-14,16-18H2,1-3H3. The Bertz CT molecular complexity index is 1020. The number of methoxy groups -OCH3 is 1. The number of hydrogen-bond acceptors (Lipinski definition) is 5. The van der Waals surface area contributed by atoms with Crippen molar-refractivity contribution in [3.05, 3.63) is 59.4 Å². The molecule has 1 unspecified atom stereocenters. The molecule has 0 amide bonds. The first-order valence-electron chi connectivity index (χ1n) is 11.3. The number of ether oxygens (including phenoxy) is 1. The maximum Gasteiger partial charge on any atom is 0.124 e. The van der Waals surface area contributed by atoms with Crippen LogP contribution in [0.3, 0.4) is 0 Å². The number of nitrogens with zero attached hydrogens (tertiary/aromatic N) is 4. The molecule has 166 valence electrons. The van der Waals surface area contributed by atoms with E-state index in [-0.39, 0.29) is 6.61 Å². The molecule has 6 heteroatoms. The van der Waals surface area contributed by atoms with Crippen LogP contribution in [-0.4, -0.2) is 63.9 Å². The van der Waals surface area contributed by atoms with Crippen molar-refractivity contribution in [2.45, 2.75) is 45.9 Å². The Kier molecular flexibility index (Phi) is 6.90. The van der Waals surface area contributed by atoms with Gasteiger partial charge < -0.3 is 14.4 Å². The molecule has 1 aliphatic heterocycles. The average molecular weight is 423 g/mol. The summed E-state index contributed by atoms with van der Waals surface area (Å²) in [6, 6.07) is 15.1. The maximum atomic E-state index is 9.69. The predicted octanol–water partition coefficient (Wildman–Crippen LogP) is 3.44. The molecule has 1 fully saturated rings. The second-order valence-corrected chi connectivity index (χ2v) is 8.44. The van der Waals surface area contributed by atoms with E-state index in [1.165, 1.54) is 11.1 Å². The molecule has 0 radical (unpaired) electrons. The van der Waals surface area contributed by atoms with Crippen molar-refractivity contribution in [1.82, 2.24) is 19.4 Å². The lowest BCUT2D eigenvalue weighted by Crippen LogP contribution is -2.52. The van der Waals surface area contributed by atoms with E-state index in [2.05, 4.69) is 70.7 Å².